The molecule has 132 valence electrons. The third kappa shape index (κ3) is 5.93. The Morgan fingerprint density at radius 1 is 1.28 bits per heavy atom. The first kappa shape index (κ1) is 18.5. The number of nitrogens with one attached hydrogen (secondary N) is 2. The second-order valence-corrected chi connectivity index (χ2v) is 5.65. The molecule has 0 aliphatic rings. The molecule has 0 saturated carbocycles. The van der Waals surface area contributed by atoms with Crippen molar-refractivity contribution in [3.8, 4) is 5.75 Å². The highest BCUT2D eigenvalue weighted by molar-refractivity contribution is 5.89. The first-order valence-corrected chi connectivity index (χ1v) is 7.80. The van der Waals surface area contributed by atoms with Gasteiger partial charge in [-0.2, -0.15) is 0 Å². The van der Waals surface area contributed by atoms with Gasteiger partial charge >= 0.3 is 6.03 Å². The summed E-state index contributed by atoms with van der Waals surface area (Å²) in [5.41, 5.74) is 1.56. The molecule has 0 fully saturated rings. The number of anilines is 1. The van der Waals surface area contributed by atoms with Crippen molar-refractivity contribution in [2.45, 2.75) is 13.0 Å². The summed E-state index contributed by atoms with van der Waals surface area (Å²) in [5, 5.41) is 15.1. The highest BCUT2D eigenvalue weighted by atomic mass is 19.1. The molecule has 1 atom stereocenters. The summed E-state index contributed by atoms with van der Waals surface area (Å²) in [6, 6.07) is 12.3. The number of carbonyl (C=O) groups is 1. The number of rotatable bonds is 7. The third-order valence-electron chi connectivity index (χ3n) is 3.30. The first-order chi connectivity index (χ1) is 12.0. The molecule has 0 saturated heterocycles. The summed E-state index contributed by atoms with van der Waals surface area (Å²) < 4.78 is 19.1. The number of aliphatic hydroxyl groups excluding tert-OH is 1. The van der Waals surface area contributed by atoms with E-state index in [0.717, 1.165) is 5.57 Å². The third-order valence-corrected chi connectivity index (χ3v) is 3.30. The molecular formula is C19H21FN2O3. The number of carbonyl (C=O) groups excluding carboxylic acids is 1. The first-order valence-electron chi connectivity index (χ1n) is 7.80. The lowest BCUT2D eigenvalue weighted by molar-refractivity contribution is 0.170. The van der Waals surface area contributed by atoms with Gasteiger partial charge in [0.05, 0.1) is 6.10 Å². The number of hydrogen-bond donors (Lipinski definition) is 3. The van der Waals surface area contributed by atoms with E-state index in [1.54, 1.807) is 30.3 Å². The number of ether oxygens (including phenoxy) is 1. The number of amides is 2. The van der Waals surface area contributed by atoms with Gasteiger partial charge in [-0.3, -0.25) is 0 Å². The maximum absolute atomic E-state index is 13.6. The van der Waals surface area contributed by atoms with Gasteiger partial charge in [-0.15, -0.1) is 0 Å². The van der Waals surface area contributed by atoms with E-state index < -0.39 is 18.0 Å². The van der Waals surface area contributed by atoms with Gasteiger partial charge in [0.25, 0.3) is 0 Å². The van der Waals surface area contributed by atoms with Crippen molar-refractivity contribution in [3.05, 3.63) is 72.1 Å². The molecule has 2 aromatic rings. The molecule has 25 heavy (non-hydrogen) atoms. The Bertz CT molecular complexity index is 749. The van der Waals surface area contributed by atoms with E-state index in [2.05, 4.69) is 17.2 Å². The average molecular weight is 344 g/mol. The van der Waals surface area contributed by atoms with Gasteiger partial charge in [0.15, 0.2) is 0 Å². The lowest BCUT2D eigenvalue weighted by Gasteiger charge is -2.14. The minimum Gasteiger partial charge on any atom is -0.489 e. The van der Waals surface area contributed by atoms with Crippen LogP contribution in [0.2, 0.25) is 0 Å². The zero-order valence-electron chi connectivity index (χ0n) is 14.0. The number of halogens is 1. The molecule has 0 aliphatic carbocycles. The Morgan fingerprint density at radius 2 is 2.04 bits per heavy atom. The molecule has 3 N–H and O–H groups in total. The van der Waals surface area contributed by atoms with Crippen LogP contribution in [0.3, 0.4) is 0 Å². The fourth-order valence-electron chi connectivity index (χ4n) is 2.09. The van der Waals surface area contributed by atoms with Gasteiger partial charge in [-0.05, 0) is 30.7 Å². The molecule has 0 heterocycles. The van der Waals surface area contributed by atoms with Crippen LogP contribution in [0.15, 0.2) is 60.7 Å². The second kappa shape index (κ2) is 8.84. The van der Waals surface area contributed by atoms with Crippen molar-refractivity contribution in [3.63, 3.8) is 0 Å². The lowest BCUT2D eigenvalue weighted by Crippen LogP contribution is -2.32. The molecule has 0 bridgehead atoms. The van der Waals surface area contributed by atoms with Crippen molar-refractivity contribution >= 4 is 11.7 Å². The van der Waals surface area contributed by atoms with Gasteiger partial charge in [0, 0.05) is 23.9 Å². The molecule has 6 heteroatoms. The fraction of sp³-hybridized carbons (Fsp3) is 0.211. The van der Waals surface area contributed by atoms with E-state index in [1.807, 2.05) is 6.92 Å². The minimum atomic E-state index is -1.13. The molecule has 2 rings (SSSR count). The number of hydrogen-bond acceptors (Lipinski definition) is 3. The average Bonchev–Trinajstić information content (AvgIpc) is 2.58. The van der Waals surface area contributed by atoms with Crippen LogP contribution in [0.4, 0.5) is 14.9 Å². The predicted molar refractivity (Wildman–Crippen MR) is 95.1 cm³/mol. The Labute approximate surface area is 146 Å². The summed E-state index contributed by atoms with van der Waals surface area (Å²) in [5.74, 6) is 0.0896. The van der Waals surface area contributed by atoms with Crippen LogP contribution in [-0.4, -0.2) is 24.3 Å². The Kier molecular flexibility index (Phi) is 6.54. The molecule has 0 aromatic heterocycles. The summed E-state index contributed by atoms with van der Waals surface area (Å²) >= 11 is 0. The zero-order chi connectivity index (χ0) is 18.2. The summed E-state index contributed by atoms with van der Waals surface area (Å²) in [6.45, 7) is 5.90. The molecule has 2 amide bonds. The Morgan fingerprint density at radius 3 is 2.76 bits per heavy atom. The predicted octanol–water partition coefficient (Wildman–Crippen LogP) is 3.64. The highest BCUT2D eigenvalue weighted by Crippen LogP contribution is 2.18. The van der Waals surface area contributed by atoms with Crippen molar-refractivity contribution in [1.29, 1.82) is 0 Å². The van der Waals surface area contributed by atoms with Crippen LogP contribution in [0.25, 0.3) is 0 Å². The molecule has 1 unspecified atom stereocenters. The van der Waals surface area contributed by atoms with Crippen molar-refractivity contribution in [2.24, 2.45) is 0 Å². The topological polar surface area (TPSA) is 70.6 Å². The van der Waals surface area contributed by atoms with E-state index in [1.165, 1.54) is 18.2 Å². The van der Waals surface area contributed by atoms with Crippen LogP contribution >= 0.6 is 0 Å². The standard InChI is InChI=1S/C19H21FN2O3/c1-13(2)12-25-15-7-5-6-14(10-15)22-19(24)21-11-18(23)16-8-3-4-9-17(16)20/h3-10,18,23H,1,11-12H2,2H3,(H2,21,22,24). The SMILES string of the molecule is C=C(C)COc1cccc(NC(=O)NCC(O)c2ccccc2F)c1. The van der Waals surface area contributed by atoms with Crippen molar-refractivity contribution in [2.75, 3.05) is 18.5 Å². The normalized spacial score (nSPS) is 11.5. The van der Waals surface area contributed by atoms with E-state index in [4.69, 9.17) is 4.74 Å². The van der Waals surface area contributed by atoms with Gasteiger partial charge in [-0.1, -0.05) is 30.8 Å². The van der Waals surface area contributed by atoms with E-state index in [9.17, 15) is 14.3 Å². The fourth-order valence-corrected chi connectivity index (χ4v) is 2.09. The van der Waals surface area contributed by atoms with Crippen molar-refractivity contribution in [1.82, 2.24) is 5.32 Å². The zero-order valence-corrected chi connectivity index (χ0v) is 14.0. The van der Waals surface area contributed by atoms with Crippen LogP contribution in [-0.2, 0) is 0 Å². The number of benzene rings is 2. The van der Waals surface area contributed by atoms with Crippen molar-refractivity contribution < 1.29 is 19.0 Å². The Balaban J connectivity index is 1.87. The monoisotopic (exact) mass is 344 g/mol. The van der Waals surface area contributed by atoms with E-state index >= 15 is 0 Å². The van der Waals surface area contributed by atoms with Gasteiger partial charge in [0.1, 0.15) is 18.2 Å². The van der Waals surface area contributed by atoms with E-state index in [0.29, 0.717) is 18.0 Å². The molecular weight excluding hydrogens is 323 g/mol. The van der Waals surface area contributed by atoms with Gasteiger partial charge in [0.2, 0.25) is 0 Å². The highest BCUT2D eigenvalue weighted by Gasteiger charge is 2.13. The molecule has 2 aromatic carbocycles. The molecule has 0 aliphatic heterocycles. The van der Waals surface area contributed by atoms with Gasteiger partial charge < -0.3 is 20.5 Å². The number of aliphatic hydroxyl groups is 1. The summed E-state index contributed by atoms with van der Waals surface area (Å²) in [6.07, 6.45) is -1.13. The molecule has 0 spiro atoms. The van der Waals surface area contributed by atoms with E-state index in [-0.39, 0.29) is 12.1 Å². The molecule has 5 nitrogen and oxygen atoms in total. The van der Waals surface area contributed by atoms with Crippen LogP contribution in [0, 0.1) is 5.82 Å². The van der Waals surface area contributed by atoms with Gasteiger partial charge in [-0.25, -0.2) is 9.18 Å². The van der Waals surface area contributed by atoms with Crippen LogP contribution in [0.1, 0.15) is 18.6 Å². The quantitative estimate of drug-likeness (QED) is 0.672. The largest absolute Gasteiger partial charge is 0.489 e. The Hall–Kier alpha value is -2.86. The van der Waals surface area contributed by atoms with Crippen LogP contribution < -0.4 is 15.4 Å². The summed E-state index contributed by atoms with van der Waals surface area (Å²) in [7, 11) is 0. The number of urea groups is 1. The lowest BCUT2D eigenvalue weighted by atomic mass is 10.1. The van der Waals surface area contributed by atoms with Crippen LogP contribution in [0.5, 0.6) is 5.75 Å². The smallest absolute Gasteiger partial charge is 0.319 e. The maximum Gasteiger partial charge on any atom is 0.319 e. The summed E-state index contributed by atoms with van der Waals surface area (Å²) in [4.78, 5) is 11.9. The molecule has 0 radical (unpaired) electrons. The second-order valence-electron chi connectivity index (χ2n) is 5.65. The maximum atomic E-state index is 13.6. The minimum absolute atomic E-state index is 0.112.